The fraction of sp³-hybridized carbons (Fsp3) is 0.286. The molecule has 1 fully saturated rings. The van der Waals surface area contributed by atoms with Crippen LogP contribution in [0.1, 0.15) is 24.0 Å². The minimum absolute atomic E-state index is 0.136. The first-order valence-electron chi connectivity index (χ1n) is 8.87. The van der Waals surface area contributed by atoms with Crippen LogP contribution >= 0.6 is 11.8 Å². The van der Waals surface area contributed by atoms with Gasteiger partial charge in [-0.1, -0.05) is 47.7 Å². The SMILES string of the molecule is COC(=O)C1(c2ccc(Cn3cc(-c4ccccc4SC)nn3)cc2)CC1. The summed E-state index contributed by atoms with van der Waals surface area (Å²) in [5.41, 5.74) is 3.70. The standard InChI is InChI=1S/C21H21N3O2S/c1-26-20(25)21(11-12-21)16-9-7-15(8-10-16)13-24-14-18(22-23-24)17-5-3-4-6-19(17)27-2/h3-10,14H,11-13H2,1-2H3. The van der Waals surface area contributed by atoms with Crippen LogP contribution in [0.25, 0.3) is 11.3 Å². The largest absolute Gasteiger partial charge is 0.468 e. The van der Waals surface area contributed by atoms with Gasteiger partial charge < -0.3 is 4.74 Å². The lowest BCUT2D eigenvalue weighted by molar-refractivity contribution is -0.143. The second-order valence-electron chi connectivity index (χ2n) is 6.77. The average molecular weight is 379 g/mol. The predicted octanol–water partition coefficient (Wildman–Crippen LogP) is 3.92. The summed E-state index contributed by atoms with van der Waals surface area (Å²) in [5, 5.41) is 8.60. The van der Waals surface area contributed by atoms with Crippen LogP contribution < -0.4 is 0 Å². The molecular formula is C21H21N3O2S. The summed E-state index contributed by atoms with van der Waals surface area (Å²) in [6, 6.07) is 16.4. The van der Waals surface area contributed by atoms with E-state index in [9.17, 15) is 4.79 Å². The van der Waals surface area contributed by atoms with E-state index in [1.807, 2.05) is 35.1 Å². The molecule has 0 saturated heterocycles. The third-order valence-electron chi connectivity index (χ3n) is 5.10. The number of methoxy groups -OCH3 is 1. The van der Waals surface area contributed by atoms with Crippen molar-refractivity contribution in [1.29, 1.82) is 0 Å². The minimum Gasteiger partial charge on any atom is -0.468 e. The van der Waals surface area contributed by atoms with Gasteiger partial charge in [0, 0.05) is 10.5 Å². The molecule has 0 N–H and O–H groups in total. The zero-order chi connectivity index (χ0) is 18.9. The van der Waals surface area contributed by atoms with Crippen molar-refractivity contribution in [3.63, 3.8) is 0 Å². The number of hydrogen-bond acceptors (Lipinski definition) is 5. The number of carbonyl (C=O) groups excluding carboxylic acids is 1. The molecule has 2 aromatic carbocycles. The van der Waals surface area contributed by atoms with Gasteiger partial charge in [0.25, 0.3) is 0 Å². The quantitative estimate of drug-likeness (QED) is 0.480. The van der Waals surface area contributed by atoms with Gasteiger partial charge in [0.05, 0.1) is 25.3 Å². The van der Waals surface area contributed by atoms with Gasteiger partial charge in [-0.25, -0.2) is 4.68 Å². The molecule has 0 aliphatic heterocycles. The Kier molecular flexibility index (Phi) is 4.74. The lowest BCUT2D eigenvalue weighted by Gasteiger charge is -2.13. The Morgan fingerprint density at radius 3 is 2.59 bits per heavy atom. The zero-order valence-electron chi connectivity index (χ0n) is 15.4. The van der Waals surface area contributed by atoms with Gasteiger partial charge >= 0.3 is 5.97 Å². The van der Waals surface area contributed by atoms with Crippen molar-refractivity contribution in [2.45, 2.75) is 29.7 Å². The molecule has 0 spiro atoms. The van der Waals surface area contributed by atoms with Gasteiger partial charge in [-0.15, -0.1) is 16.9 Å². The second-order valence-corrected chi connectivity index (χ2v) is 7.62. The fourth-order valence-corrected chi connectivity index (χ4v) is 4.01. The minimum atomic E-state index is -0.421. The Bertz CT molecular complexity index is 962. The van der Waals surface area contributed by atoms with E-state index >= 15 is 0 Å². The monoisotopic (exact) mass is 379 g/mol. The molecule has 4 rings (SSSR count). The third kappa shape index (κ3) is 3.37. The number of rotatable bonds is 6. The van der Waals surface area contributed by atoms with Crippen LogP contribution in [0.5, 0.6) is 0 Å². The van der Waals surface area contributed by atoms with Crippen molar-refractivity contribution in [2.75, 3.05) is 13.4 Å². The maximum Gasteiger partial charge on any atom is 0.316 e. The summed E-state index contributed by atoms with van der Waals surface area (Å²) in [5.74, 6) is -0.136. The van der Waals surface area contributed by atoms with E-state index in [2.05, 4.69) is 40.8 Å². The summed E-state index contributed by atoms with van der Waals surface area (Å²) in [4.78, 5) is 13.2. The average Bonchev–Trinajstić information content (AvgIpc) is 3.40. The van der Waals surface area contributed by atoms with Crippen LogP contribution in [0.2, 0.25) is 0 Å². The van der Waals surface area contributed by atoms with E-state index in [-0.39, 0.29) is 5.97 Å². The normalized spacial score (nSPS) is 14.7. The highest BCUT2D eigenvalue weighted by Crippen LogP contribution is 2.49. The number of esters is 1. The van der Waals surface area contributed by atoms with Crippen molar-refractivity contribution in [2.24, 2.45) is 0 Å². The number of carbonyl (C=O) groups is 1. The fourth-order valence-electron chi connectivity index (χ4n) is 3.40. The third-order valence-corrected chi connectivity index (χ3v) is 5.89. The van der Waals surface area contributed by atoms with E-state index in [1.54, 1.807) is 11.8 Å². The van der Waals surface area contributed by atoms with Gasteiger partial charge in [-0.05, 0) is 36.3 Å². The van der Waals surface area contributed by atoms with Crippen molar-refractivity contribution in [3.05, 3.63) is 65.9 Å². The van der Waals surface area contributed by atoms with Crippen LogP contribution in [-0.4, -0.2) is 34.3 Å². The molecule has 1 aromatic heterocycles. The molecule has 27 heavy (non-hydrogen) atoms. The summed E-state index contributed by atoms with van der Waals surface area (Å²) in [6.45, 7) is 0.639. The van der Waals surface area contributed by atoms with Crippen LogP contribution in [0.4, 0.5) is 0 Å². The Balaban J connectivity index is 1.51. The number of nitrogens with zero attached hydrogens (tertiary/aromatic N) is 3. The van der Waals surface area contributed by atoms with E-state index in [0.717, 1.165) is 35.2 Å². The molecule has 6 heteroatoms. The Morgan fingerprint density at radius 2 is 1.93 bits per heavy atom. The van der Waals surface area contributed by atoms with E-state index in [1.165, 1.54) is 12.0 Å². The predicted molar refractivity (Wildman–Crippen MR) is 106 cm³/mol. The molecule has 3 aromatic rings. The first-order chi connectivity index (χ1) is 13.2. The van der Waals surface area contributed by atoms with Gasteiger partial charge in [-0.2, -0.15) is 0 Å². The van der Waals surface area contributed by atoms with Crippen LogP contribution in [0.15, 0.2) is 59.6 Å². The number of ether oxygens (including phenoxy) is 1. The number of hydrogen-bond donors (Lipinski definition) is 0. The molecule has 0 bridgehead atoms. The molecule has 1 aliphatic rings. The number of aromatic nitrogens is 3. The Labute approximate surface area is 162 Å². The highest BCUT2D eigenvalue weighted by atomic mass is 32.2. The molecule has 0 amide bonds. The van der Waals surface area contributed by atoms with Gasteiger partial charge in [-0.3, -0.25) is 4.79 Å². The van der Waals surface area contributed by atoms with E-state index < -0.39 is 5.41 Å². The lowest BCUT2D eigenvalue weighted by Crippen LogP contribution is -2.21. The maximum absolute atomic E-state index is 12.0. The first kappa shape index (κ1) is 17.8. The lowest BCUT2D eigenvalue weighted by atomic mass is 9.95. The van der Waals surface area contributed by atoms with Crippen LogP contribution in [0.3, 0.4) is 0 Å². The number of benzene rings is 2. The van der Waals surface area contributed by atoms with E-state index in [4.69, 9.17) is 4.74 Å². The van der Waals surface area contributed by atoms with E-state index in [0.29, 0.717) is 6.54 Å². The van der Waals surface area contributed by atoms with Gasteiger partial charge in [0.2, 0.25) is 0 Å². The summed E-state index contributed by atoms with van der Waals surface area (Å²) >= 11 is 1.70. The Morgan fingerprint density at radius 1 is 1.19 bits per heavy atom. The molecule has 1 heterocycles. The molecule has 138 valence electrons. The molecule has 5 nitrogen and oxygen atoms in total. The van der Waals surface area contributed by atoms with Crippen molar-refractivity contribution < 1.29 is 9.53 Å². The summed E-state index contributed by atoms with van der Waals surface area (Å²) in [6.07, 6.45) is 5.76. The second kappa shape index (κ2) is 7.19. The molecule has 0 radical (unpaired) electrons. The first-order valence-corrected chi connectivity index (χ1v) is 10.1. The topological polar surface area (TPSA) is 57.0 Å². The molecular weight excluding hydrogens is 358 g/mol. The highest BCUT2D eigenvalue weighted by molar-refractivity contribution is 7.98. The van der Waals surface area contributed by atoms with Crippen LogP contribution in [0, 0.1) is 0 Å². The summed E-state index contributed by atoms with van der Waals surface area (Å²) < 4.78 is 6.80. The van der Waals surface area contributed by atoms with Gasteiger partial charge in [0.1, 0.15) is 5.69 Å². The zero-order valence-corrected chi connectivity index (χ0v) is 16.2. The maximum atomic E-state index is 12.0. The highest BCUT2D eigenvalue weighted by Gasteiger charge is 2.52. The molecule has 0 unspecified atom stereocenters. The van der Waals surface area contributed by atoms with Gasteiger partial charge in [0.15, 0.2) is 0 Å². The molecule has 1 aliphatic carbocycles. The van der Waals surface area contributed by atoms with Crippen molar-refractivity contribution in [3.8, 4) is 11.3 Å². The number of thioether (sulfide) groups is 1. The smallest absolute Gasteiger partial charge is 0.316 e. The van der Waals surface area contributed by atoms with Crippen molar-refractivity contribution in [1.82, 2.24) is 15.0 Å². The molecule has 0 atom stereocenters. The molecule has 1 saturated carbocycles. The van der Waals surface area contributed by atoms with Crippen LogP contribution in [-0.2, 0) is 21.5 Å². The Hall–Kier alpha value is -2.60. The summed E-state index contributed by atoms with van der Waals surface area (Å²) in [7, 11) is 1.45. The van der Waals surface area contributed by atoms with Crippen molar-refractivity contribution >= 4 is 17.7 Å².